The second-order valence-corrected chi connectivity index (χ2v) is 6.57. The van der Waals surface area contributed by atoms with Gasteiger partial charge in [0, 0.05) is 26.2 Å². The minimum absolute atomic E-state index is 0.440. The molecule has 4 rings (SSSR count). The Bertz CT molecular complexity index is 875. The molecule has 0 saturated carbocycles. The van der Waals surface area contributed by atoms with Gasteiger partial charge in [-0.1, -0.05) is 29.4 Å². The molecule has 6 nitrogen and oxygen atoms in total. The molecule has 0 N–H and O–H groups in total. The maximum atomic E-state index is 5.26. The summed E-state index contributed by atoms with van der Waals surface area (Å²) in [4.78, 5) is 13.2. The van der Waals surface area contributed by atoms with Crippen molar-refractivity contribution in [3.8, 4) is 0 Å². The van der Waals surface area contributed by atoms with Crippen LogP contribution in [-0.4, -0.2) is 46.7 Å². The second kappa shape index (κ2) is 5.87. The quantitative estimate of drug-likeness (QED) is 0.738. The fourth-order valence-corrected chi connectivity index (χ4v) is 3.52. The van der Waals surface area contributed by atoms with Gasteiger partial charge in [-0.25, -0.2) is 4.98 Å². The summed E-state index contributed by atoms with van der Waals surface area (Å²) in [6, 6.07) is 9.14. The predicted octanol–water partition coefficient (Wildman–Crippen LogP) is 2.42. The van der Waals surface area contributed by atoms with Crippen molar-refractivity contribution in [2.24, 2.45) is 0 Å². The molecule has 24 heavy (non-hydrogen) atoms. The Labute approximate surface area is 141 Å². The third-order valence-corrected chi connectivity index (χ3v) is 4.89. The zero-order valence-corrected chi connectivity index (χ0v) is 14.2. The minimum atomic E-state index is 0.440. The van der Waals surface area contributed by atoms with Crippen LogP contribution in [0.25, 0.3) is 11.1 Å². The Morgan fingerprint density at radius 2 is 2.04 bits per heavy atom. The lowest BCUT2D eigenvalue weighted by Gasteiger charge is -2.36. The van der Waals surface area contributed by atoms with Gasteiger partial charge in [-0.2, -0.15) is 4.98 Å². The van der Waals surface area contributed by atoms with Crippen LogP contribution in [0.3, 0.4) is 0 Å². The number of fused-ring (bicyclic) bond motifs is 2. The Morgan fingerprint density at radius 1 is 1.25 bits per heavy atom. The molecule has 1 aliphatic rings. The van der Waals surface area contributed by atoms with Gasteiger partial charge in [0.05, 0.1) is 5.69 Å². The molecule has 0 amide bonds. The number of hydrogen-bond acceptors (Lipinski definition) is 6. The topological polar surface area (TPSA) is 58.3 Å². The molecule has 1 aromatic carbocycles. The van der Waals surface area contributed by atoms with Crippen molar-refractivity contribution in [2.45, 2.75) is 25.9 Å². The van der Waals surface area contributed by atoms with E-state index in [1.807, 2.05) is 6.92 Å². The van der Waals surface area contributed by atoms with Crippen LogP contribution in [0.4, 0.5) is 5.82 Å². The summed E-state index contributed by atoms with van der Waals surface area (Å²) in [6.45, 7) is 3.80. The number of benzene rings is 1. The lowest BCUT2D eigenvalue weighted by Crippen LogP contribution is -2.45. The molecule has 1 aliphatic heterocycles. The van der Waals surface area contributed by atoms with Crippen LogP contribution in [-0.2, 0) is 13.0 Å². The van der Waals surface area contributed by atoms with Gasteiger partial charge in [-0.05, 0) is 31.5 Å². The molecule has 1 atom stereocenters. The van der Waals surface area contributed by atoms with E-state index in [1.165, 1.54) is 11.1 Å². The Kier molecular flexibility index (Phi) is 3.69. The largest absolute Gasteiger partial charge is 0.357 e. The van der Waals surface area contributed by atoms with Gasteiger partial charge in [0.15, 0.2) is 0 Å². The van der Waals surface area contributed by atoms with Crippen LogP contribution in [0.15, 0.2) is 35.1 Å². The minimum Gasteiger partial charge on any atom is -0.357 e. The zero-order chi connectivity index (χ0) is 16.7. The average molecular weight is 323 g/mol. The molecule has 2 aromatic heterocycles. The standard InChI is InChI=1S/C18H21N5O/c1-12-16-17(19-11-20-18(16)24-21-12)23(3)10-15-8-13-6-4-5-7-14(13)9-22(15)2/h4-7,11,15H,8-10H2,1-3H3/t15-/m1/s1. The number of likely N-dealkylation sites (N-methyl/N-ethyl adjacent to an activating group) is 2. The predicted molar refractivity (Wildman–Crippen MR) is 93.0 cm³/mol. The number of rotatable bonds is 3. The molecular weight excluding hydrogens is 302 g/mol. The van der Waals surface area contributed by atoms with E-state index in [4.69, 9.17) is 4.52 Å². The molecule has 0 saturated heterocycles. The van der Waals surface area contributed by atoms with Crippen LogP contribution < -0.4 is 4.90 Å². The monoisotopic (exact) mass is 323 g/mol. The first-order valence-electron chi connectivity index (χ1n) is 8.18. The highest BCUT2D eigenvalue weighted by molar-refractivity contribution is 5.87. The molecule has 3 heterocycles. The van der Waals surface area contributed by atoms with E-state index in [2.05, 4.69) is 63.3 Å². The summed E-state index contributed by atoms with van der Waals surface area (Å²) in [7, 11) is 4.26. The van der Waals surface area contributed by atoms with Crippen molar-refractivity contribution in [2.75, 3.05) is 25.5 Å². The van der Waals surface area contributed by atoms with Gasteiger partial charge in [-0.15, -0.1) is 0 Å². The molecular formula is C18H21N5O. The van der Waals surface area contributed by atoms with Crippen molar-refractivity contribution in [3.05, 3.63) is 47.4 Å². The van der Waals surface area contributed by atoms with E-state index in [-0.39, 0.29) is 0 Å². The highest BCUT2D eigenvalue weighted by Gasteiger charge is 2.25. The number of nitrogens with zero attached hydrogens (tertiary/aromatic N) is 5. The van der Waals surface area contributed by atoms with Gasteiger partial charge in [0.1, 0.15) is 17.5 Å². The first-order chi connectivity index (χ1) is 11.6. The number of aromatic nitrogens is 3. The van der Waals surface area contributed by atoms with Crippen LogP contribution in [0, 0.1) is 6.92 Å². The van der Waals surface area contributed by atoms with Crippen molar-refractivity contribution in [3.63, 3.8) is 0 Å². The molecule has 0 bridgehead atoms. The first-order valence-corrected chi connectivity index (χ1v) is 8.18. The van der Waals surface area contributed by atoms with Crippen LogP contribution >= 0.6 is 0 Å². The highest BCUT2D eigenvalue weighted by Crippen LogP contribution is 2.27. The number of aryl methyl sites for hydroxylation is 1. The molecule has 0 aliphatic carbocycles. The summed E-state index contributed by atoms with van der Waals surface area (Å²) in [6.07, 6.45) is 2.59. The van der Waals surface area contributed by atoms with Gasteiger partial charge < -0.3 is 9.42 Å². The fourth-order valence-electron chi connectivity index (χ4n) is 3.52. The molecule has 3 aromatic rings. The van der Waals surface area contributed by atoms with E-state index < -0.39 is 0 Å². The molecule has 0 unspecified atom stereocenters. The summed E-state index contributed by atoms with van der Waals surface area (Å²) in [5.74, 6) is 0.881. The Balaban J connectivity index is 1.60. The second-order valence-electron chi connectivity index (χ2n) is 6.57. The lowest BCUT2D eigenvalue weighted by atomic mass is 9.94. The first kappa shape index (κ1) is 15.1. The average Bonchev–Trinajstić information content (AvgIpc) is 2.97. The molecule has 0 fully saturated rings. The summed E-state index contributed by atoms with van der Waals surface area (Å²) in [5, 5.41) is 4.92. The lowest BCUT2D eigenvalue weighted by molar-refractivity contribution is 0.219. The number of anilines is 1. The molecule has 6 heteroatoms. The Hall–Kier alpha value is -2.47. The molecule has 0 spiro atoms. The zero-order valence-electron chi connectivity index (χ0n) is 14.2. The van der Waals surface area contributed by atoms with E-state index in [9.17, 15) is 0 Å². The molecule has 0 radical (unpaired) electrons. The van der Waals surface area contributed by atoms with Gasteiger partial charge in [-0.3, -0.25) is 4.90 Å². The van der Waals surface area contributed by atoms with Crippen molar-refractivity contribution >= 4 is 16.9 Å². The van der Waals surface area contributed by atoms with E-state index in [0.29, 0.717) is 11.8 Å². The van der Waals surface area contributed by atoms with Crippen LogP contribution in [0.5, 0.6) is 0 Å². The normalized spacial score (nSPS) is 17.9. The fraction of sp³-hybridized carbons (Fsp3) is 0.389. The van der Waals surface area contributed by atoms with Crippen molar-refractivity contribution in [1.82, 2.24) is 20.0 Å². The maximum Gasteiger partial charge on any atom is 0.263 e. The SMILES string of the molecule is Cc1noc2ncnc(N(C)C[C@H]3Cc4ccccc4CN3C)c12. The third-order valence-electron chi connectivity index (χ3n) is 4.89. The van der Waals surface area contributed by atoms with Crippen LogP contribution in [0.2, 0.25) is 0 Å². The van der Waals surface area contributed by atoms with E-state index in [0.717, 1.165) is 36.4 Å². The maximum absolute atomic E-state index is 5.26. The Morgan fingerprint density at radius 3 is 2.88 bits per heavy atom. The molecule has 124 valence electrons. The summed E-state index contributed by atoms with van der Waals surface area (Å²) >= 11 is 0. The number of hydrogen-bond donors (Lipinski definition) is 0. The van der Waals surface area contributed by atoms with Gasteiger partial charge in [0.25, 0.3) is 5.71 Å². The highest BCUT2D eigenvalue weighted by atomic mass is 16.5. The smallest absolute Gasteiger partial charge is 0.263 e. The summed E-state index contributed by atoms with van der Waals surface area (Å²) < 4.78 is 5.26. The van der Waals surface area contributed by atoms with Gasteiger partial charge in [0.2, 0.25) is 0 Å². The van der Waals surface area contributed by atoms with Gasteiger partial charge >= 0.3 is 0 Å². The van der Waals surface area contributed by atoms with Crippen LogP contribution in [0.1, 0.15) is 16.8 Å². The van der Waals surface area contributed by atoms with Crippen molar-refractivity contribution in [1.29, 1.82) is 0 Å². The van der Waals surface area contributed by atoms with E-state index >= 15 is 0 Å². The van der Waals surface area contributed by atoms with Crippen molar-refractivity contribution < 1.29 is 4.52 Å². The summed E-state index contributed by atoms with van der Waals surface area (Å²) in [5.41, 5.74) is 4.25. The van der Waals surface area contributed by atoms with E-state index in [1.54, 1.807) is 6.33 Å². The third kappa shape index (κ3) is 2.53.